The zero-order chi connectivity index (χ0) is 5.91. The first-order chi connectivity index (χ1) is 3.06. The largest absolute Gasteiger partial charge is 0.484 e. The molecule has 0 aliphatic carbocycles. The van der Waals surface area contributed by atoms with E-state index in [4.69, 9.17) is 4.79 Å². The number of hydrogen-bond acceptors (Lipinski definition) is 1. The summed E-state index contributed by atoms with van der Waals surface area (Å²) in [7, 11) is 0. The molecule has 0 heterocycles. The Hall–Kier alpha value is -0.740. The third kappa shape index (κ3) is 5.26. The summed E-state index contributed by atoms with van der Waals surface area (Å²) >= 11 is 0. The van der Waals surface area contributed by atoms with Crippen LogP contribution in [0, 0.1) is 0 Å². The molecule has 0 aromatic carbocycles. The number of nitrogens with one attached hydrogen (secondary N) is 1. The number of carbonyl (C=O) groups is 1. The highest BCUT2D eigenvalue weighted by molar-refractivity contribution is 5.46. The predicted molar refractivity (Wildman–Crippen MR) is 15.3 cm³/mol. The van der Waals surface area contributed by atoms with Crippen LogP contribution in [0.5, 0.6) is 0 Å². The smallest absolute Gasteiger partial charge is 0.279 e. The standard InChI is InChI=1S/C2H2F3NO/c3-2(4,5)6-1-7/h1H,(H,6,7). The van der Waals surface area contributed by atoms with E-state index in [-0.39, 0.29) is 0 Å². The van der Waals surface area contributed by atoms with Gasteiger partial charge < -0.3 is 0 Å². The Balaban J connectivity index is 3.34. The minimum Gasteiger partial charge on any atom is -0.279 e. The van der Waals surface area contributed by atoms with Gasteiger partial charge in [0.1, 0.15) is 0 Å². The SMILES string of the molecule is O=CNC(F)(F)F. The molecule has 1 amide bonds. The Morgan fingerprint density at radius 2 is 1.86 bits per heavy atom. The molecular weight excluding hydrogens is 111 g/mol. The molecule has 42 valence electrons. The molecule has 0 atom stereocenters. The summed E-state index contributed by atoms with van der Waals surface area (Å²) < 4.78 is 32.1. The quantitative estimate of drug-likeness (QED) is 0.383. The average molecular weight is 113 g/mol. The van der Waals surface area contributed by atoms with Crippen LogP contribution < -0.4 is 5.32 Å². The van der Waals surface area contributed by atoms with Crippen LogP contribution >= 0.6 is 0 Å². The molecule has 0 aliphatic heterocycles. The van der Waals surface area contributed by atoms with E-state index in [1.807, 2.05) is 0 Å². The number of rotatable bonds is 1. The van der Waals surface area contributed by atoms with Crippen LogP contribution in [0.2, 0.25) is 0 Å². The van der Waals surface area contributed by atoms with E-state index >= 15 is 0 Å². The van der Waals surface area contributed by atoms with Gasteiger partial charge in [0.05, 0.1) is 0 Å². The molecule has 0 aromatic rings. The Morgan fingerprint density at radius 1 is 1.43 bits per heavy atom. The van der Waals surface area contributed by atoms with E-state index in [2.05, 4.69) is 0 Å². The van der Waals surface area contributed by atoms with Gasteiger partial charge in [0.15, 0.2) is 0 Å². The molecule has 0 spiro atoms. The summed E-state index contributed by atoms with van der Waals surface area (Å²) in [4.78, 5) is 8.99. The second-order valence-electron chi connectivity index (χ2n) is 0.760. The summed E-state index contributed by atoms with van der Waals surface area (Å²) in [6.45, 7) is 0. The maximum absolute atomic E-state index is 10.7. The third-order valence-electron chi connectivity index (χ3n) is 0.223. The van der Waals surface area contributed by atoms with Crippen LogP contribution in [-0.4, -0.2) is 12.7 Å². The summed E-state index contributed by atoms with van der Waals surface area (Å²) in [5.41, 5.74) is 0. The van der Waals surface area contributed by atoms with Crippen molar-refractivity contribution in [2.45, 2.75) is 6.30 Å². The number of halogens is 3. The minimum absolute atomic E-state index is 0.417. The molecule has 1 N–H and O–H groups in total. The highest BCUT2D eigenvalue weighted by atomic mass is 19.4. The average Bonchev–Trinajstić information content (AvgIpc) is 1.30. The van der Waals surface area contributed by atoms with Gasteiger partial charge in [-0.1, -0.05) is 0 Å². The normalized spacial score (nSPS) is 10.7. The van der Waals surface area contributed by atoms with Crippen molar-refractivity contribution in [2.75, 3.05) is 0 Å². The molecule has 7 heavy (non-hydrogen) atoms. The second-order valence-corrected chi connectivity index (χ2v) is 0.760. The molecule has 0 aliphatic rings. The topological polar surface area (TPSA) is 29.1 Å². The van der Waals surface area contributed by atoms with Gasteiger partial charge in [-0.25, -0.2) is 0 Å². The molecule has 0 saturated carbocycles. The van der Waals surface area contributed by atoms with Gasteiger partial charge in [-0.2, -0.15) is 13.2 Å². The fraction of sp³-hybridized carbons (Fsp3) is 0.500. The van der Waals surface area contributed by atoms with Crippen LogP contribution in [0.1, 0.15) is 0 Å². The number of hydrogen-bond donors (Lipinski definition) is 1. The van der Waals surface area contributed by atoms with Crippen LogP contribution in [-0.2, 0) is 4.79 Å². The van der Waals surface area contributed by atoms with Crippen molar-refractivity contribution in [3.8, 4) is 0 Å². The van der Waals surface area contributed by atoms with Crippen LogP contribution in [0.25, 0.3) is 0 Å². The van der Waals surface area contributed by atoms with Gasteiger partial charge in [0.25, 0.3) is 0 Å². The molecule has 0 fully saturated rings. The zero-order valence-corrected chi connectivity index (χ0v) is 3.12. The molecule has 2 nitrogen and oxygen atoms in total. The maximum atomic E-state index is 10.7. The Kier molecular flexibility index (Phi) is 1.62. The van der Waals surface area contributed by atoms with Gasteiger partial charge in [0.2, 0.25) is 6.41 Å². The minimum atomic E-state index is -4.57. The van der Waals surface area contributed by atoms with Crippen molar-refractivity contribution in [1.82, 2.24) is 5.32 Å². The predicted octanol–water partition coefficient (Wildman–Crippen LogP) is 0.252. The highest BCUT2D eigenvalue weighted by Crippen LogP contribution is 2.06. The molecular formula is C2H2F3NO. The number of alkyl halides is 3. The van der Waals surface area contributed by atoms with Crippen molar-refractivity contribution < 1.29 is 18.0 Å². The Morgan fingerprint density at radius 3 is 1.86 bits per heavy atom. The van der Waals surface area contributed by atoms with Crippen LogP contribution in [0.4, 0.5) is 13.2 Å². The van der Waals surface area contributed by atoms with E-state index in [0.717, 1.165) is 0 Å². The molecule has 0 bridgehead atoms. The lowest BCUT2D eigenvalue weighted by Gasteiger charge is -1.99. The van der Waals surface area contributed by atoms with Crippen molar-refractivity contribution in [1.29, 1.82) is 0 Å². The maximum Gasteiger partial charge on any atom is 0.484 e. The fourth-order valence-electron chi connectivity index (χ4n) is 0.0668. The first-order valence-corrected chi connectivity index (χ1v) is 1.34. The second kappa shape index (κ2) is 1.81. The van der Waals surface area contributed by atoms with Crippen molar-refractivity contribution in [2.24, 2.45) is 0 Å². The summed E-state index contributed by atoms with van der Waals surface area (Å²) in [5.74, 6) is 0. The zero-order valence-electron chi connectivity index (χ0n) is 3.12. The van der Waals surface area contributed by atoms with E-state index in [1.165, 1.54) is 0 Å². The number of carbonyl (C=O) groups excluding carboxylic acids is 1. The molecule has 0 rings (SSSR count). The highest BCUT2D eigenvalue weighted by Gasteiger charge is 2.25. The van der Waals surface area contributed by atoms with Crippen molar-refractivity contribution in [3.05, 3.63) is 0 Å². The molecule has 5 heteroatoms. The summed E-state index contributed by atoms with van der Waals surface area (Å²) in [6.07, 6.45) is -4.98. The van der Waals surface area contributed by atoms with Gasteiger partial charge in [-0.3, -0.25) is 10.1 Å². The van der Waals surface area contributed by atoms with Crippen molar-refractivity contribution >= 4 is 6.41 Å². The number of amides is 1. The molecule has 0 unspecified atom stereocenters. The molecule has 0 aromatic heterocycles. The lowest BCUT2D eigenvalue weighted by atomic mass is 11.1. The van der Waals surface area contributed by atoms with E-state index in [1.54, 1.807) is 0 Å². The first-order valence-electron chi connectivity index (χ1n) is 1.34. The lowest BCUT2D eigenvalue weighted by molar-refractivity contribution is -0.162. The Bertz CT molecular complexity index is 67.8. The monoisotopic (exact) mass is 113 g/mol. The molecule has 0 radical (unpaired) electrons. The van der Waals surface area contributed by atoms with E-state index in [0.29, 0.717) is 5.32 Å². The van der Waals surface area contributed by atoms with Crippen LogP contribution in [0.15, 0.2) is 0 Å². The van der Waals surface area contributed by atoms with Gasteiger partial charge in [-0.05, 0) is 0 Å². The van der Waals surface area contributed by atoms with E-state index in [9.17, 15) is 13.2 Å². The fourth-order valence-corrected chi connectivity index (χ4v) is 0.0668. The lowest BCUT2D eigenvalue weighted by Crippen LogP contribution is -2.29. The Labute approximate surface area is 37.3 Å². The van der Waals surface area contributed by atoms with Crippen LogP contribution in [0.3, 0.4) is 0 Å². The van der Waals surface area contributed by atoms with Gasteiger partial charge >= 0.3 is 6.30 Å². The summed E-state index contributed by atoms with van der Waals surface area (Å²) in [6, 6.07) is 0. The summed E-state index contributed by atoms with van der Waals surface area (Å²) in [5, 5.41) is 0.604. The molecule has 0 saturated heterocycles. The van der Waals surface area contributed by atoms with Crippen molar-refractivity contribution in [3.63, 3.8) is 0 Å². The van der Waals surface area contributed by atoms with E-state index < -0.39 is 12.7 Å². The van der Waals surface area contributed by atoms with Gasteiger partial charge in [0, 0.05) is 0 Å². The third-order valence-corrected chi connectivity index (χ3v) is 0.223. The first kappa shape index (κ1) is 6.26. The van der Waals surface area contributed by atoms with Gasteiger partial charge in [-0.15, -0.1) is 0 Å².